The van der Waals surface area contributed by atoms with Gasteiger partial charge in [0.1, 0.15) is 11.8 Å². The molecule has 2 aliphatic rings. The number of nitrogens with zero attached hydrogens (tertiary/aromatic N) is 1. The maximum atomic E-state index is 14.3. The summed E-state index contributed by atoms with van der Waals surface area (Å²) in [6, 6.07) is 10.4. The molecule has 10 heteroatoms. The molecule has 0 bridgehead atoms. The highest BCUT2D eigenvalue weighted by molar-refractivity contribution is 5.87. The van der Waals surface area contributed by atoms with E-state index in [1.165, 1.54) is 13.2 Å². The molecule has 2 N–H and O–H groups in total. The number of rotatable bonds is 8. The lowest BCUT2D eigenvalue weighted by Crippen LogP contribution is -2.49. The van der Waals surface area contributed by atoms with Crippen molar-refractivity contribution in [3.63, 3.8) is 0 Å². The van der Waals surface area contributed by atoms with Crippen LogP contribution in [0.5, 0.6) is 5.75 Å². The van der Waals surface area contributed by atoms with E-state index in [1.54, 1.807) is 12.0 Å². The SMILES string of the molecule is COc1cc(C(F)(F)F)ccc1CNC1C(c2ccccc2)N(C(=O)[C@@H]2CCC[C@@H](OC)C2)C(C(=O)O)C1C(C)(C)C. The molecule has 42 heavy (non-hydrogen) atoms. The van der Waals surface area contributed by atoms with Crippen molar-refractivity contribution in [2.24, 2.45) is 17.3 Å². The smallest absolute Gasteiger partial charge is 0.416 e. The van der Waals surface area contributed by atoms with Crippen LogP contribution in [0.3, 0.4) is 0 Å². The predicted molar refractivity (Wildman–Crippen MR) is 152 cm³/mol. The maximum Gasteiger partial charge on any atom is 0.416 e. The van der Waals surface area contributed by atoms with Crippen molar-refractivity contribution in [2.45, 2.75) is 83.4 Å². The molecular formula is C32H41F3N2O5. The first-order chi connectivity index (χ1) is 19.8. The third-order valence-corrected chi connectivity index (χ3v) is 8.77. The molecule has 6 atom stereocenters. The van der Waals surface area contributed by atoms with Crippen LogP contribution >= 0.6 is 0 Å². The number of alkyl halides is 3. The van der Waals surface area contributed by atoms with Crippen molar-refractivity contribution in [2.75, 3.05) is 14.2 Å². The molecule has 0 radical (unpaired) electrons. The molecule has 0 spiro atoms. The molecule has 2 aromatic rings. The number of methoxy groups -OCH3 is 2. The molecule has 0 aromatic heterocycles. The van der Waals surface area contributed by atoms with E-state index in [-0.39, 0.29) is 30.2 Å². The zero-order chi connectivity index (χ0) is 30.8. The molecule has 1 heterocycles. The molecule has 1 saturated heterocycles. The van der Waals surface area contributed by atoms with E-state index in [0.29, 0.717) is 18.4 Å². The first kappa shape index (κ1) is 31.8. The van der Waals surface area contributed by atoms with Crippen LogP contribution in [-0.4, -0.2) is 54.3 Å². The molecule has 1 amide bonds. The lowest BCUT2D eigenvalue weighted by molar-refractivity contribution is -0.155. The normalized spacial score (nSPS) is 26.7. The van der Waals surface area contributed by atoms with Gasteiger partial charge in [-0.25, -0.2) is 4.79 Å². The fraction of sp³-hybridized carbons (Fsp3) is 0.562. The highest BCUT2D eigenvalue weighted by Gasteiger charge is 2.58. The van der Waals surface area contributed by atoms with Crippen LogP contribution in [0.25, 0.3) is 0 Å². The molecule has 4 rings (SSSR count). The zero-order valence-corrected chi connectivity index (χ0v) is 24.8. The van der Waals surface area contributed by atoms with Gasteiger partial charge < -0.3 is 24.8 Å². The van der Waals surface area contributed by atoms with Crippen LogP contribution in [0.2, 0.25) is 0 Å². The Morgan fingerprint density at radius 1 is 1.05 bits per heavy atom. The molecule has 7 nitrogen and oxygen atoms in total. The molecule has 1 saturated carbocycles. The molecule has 230 valence electrons. The van der Waals surface area contributed by atoms with Crippen molar-refractivity contribution in [3.8, 4) is 5.75 Å². The number of nitrogens with one attached hydrogen (secondary N) is 1. The van der Waals surface area contributed by atoms with Gasteiger partial charge in [-0.2, -0.15) is 13.2 Å². The molecule has 4 unspecified atom stereocenters. The standard InChI is InChI=1S/C32H41F3N2O5/c1-31(2,3)25-26(36-18-21-14-15-22(32(33,34)35)17-24(21)42-5)27(19-10-7-6-8-11-19)37(28(25)30(39)40)29(38)20-12-9-13-23(16-20)41-4/h6-8,10-11,14-15,17,20,23,25-28,36H,9,12-13,16,18H2,1-5H3,(H,39,40)/t20-,23-,25?,26?,27?,28?/m1/s1. The Hall–Kier alpha value is -3.11. The lowest BCUT2D eigenvalue weighted by atomic mass is 9.72. The summed E-state index contributed by atoms with van der Waals surface area (Å²) in [7, 11) is 2.95. The van der Waals surface area contributed by atoms with Gasteiger partial charge in [-0.1, -0.05) is 63.6 Å². The minimum atomic E-state index is -4.52. The number of hydrogen-bond acceptors (Lipinski definition) is 5. The molecule has 1 aliphatic heterocycles. The van der Waals surface area contributed by atoms with Crippen molar-refractivity contribution in [3.05, 3.63) is 65.2 Å². The number of halogens is 3. The second kappa shape index (κ2) is 12.6. The third kappa shape index (κ3) is 6.59. The van der Waals surface area contributed by atoms with Gasteiger partial charge in [0.2, 0.25) is 5.91 Å². The van der Waals surface area contributed by atoms with E-state index in [0.717, 1.165) is 30.5 Å². The number of carbonyl (C=O) groups is 2. The third-order valence-electron chi connectivity index (χ3n) is 8.77. The zero-order valence-electron chi connectivity index (χ0n) is 24.8. The number of carbonyl (C=O) groups excluding carboxylic acids is 1. The minimum absolute atomic E-state index is 0.0618. The number of hydrogen-bond donors (Lipinski definition) is 2. The Balaban J connectivity index is 1.78. The van der Waals surface area contributed by atoms with E-state index in [4.69, 9.17) is 9.47 Å². The molecular weight excluding hydrogens is 549 g/mol. The van der Waals surface area contributed by atoms with Gasteiger partial charge in [0.25, 0.3) is 0 Å². The number of carboxylic acids is 1. The van der Waals surface area contributed by atoms with Gasteiger partial charge in [-0.05, 0) is 42.4 Å². The van der Waals surface area contributed by atoms with Crippen LogP contribution in [0.15, 0.2) is 48.5 Å². The number of carboxylic acid groups (broad SMARTS) is 1. The van der Waals surface area contributed by atoms with Crippen molar-refractivity contribution in [1.29, 1.82) is 0 Å². The first-order valence-electron chi connectivity index (χ1n) is 14.4. The summed E-state index contributed by atoms with van der Waals surface area (Å²) in [4.78, 5) is 28.9. The second-order valence-electron chi connectivity index (χ2n) is 12.4. The molecule has 2 fully saturated rings. The Kier molecular flexibility index (Phi) is 9.57. The second-order valence-corrected chi connectivity index (χ2v) is 12.4. The Labute approximate surface area is 245 Å². The summed E-state index contributed by atoms with van der Waals surface area (Å²) in [6.45, 7) is 5.99. The summed E-state index contributed by atoms with van der Waals surface area (Å²) >= 11 is 0. The van der Waals surface area contributed by atoms with E-state index in [9.17, 15) is 27.9 Å². The fourth-order valence-corrected chi connectivity index (χ4v) is 6.82. The van der Waals surface area contributed by atoms with Crippen molar-refractivity contribution in [1.82, 2.24) is 10.2 Å². The number of amides is 1. The predicted octanol–water partition coefficient (Wildman–Crippen LogP) is 6.08. The summed E-state index contributed by atoms with van der Waals surface area (Å²) in [5.41, 5.74) is -0.0748. The Morgan fingerprint density at radius 2 is 1.74 bits per heavy atom. The van der Waals surface area contributed by atoms with Crippen LogP contribution < -0.4 is 10.1 Å². The monoisotopic (exact) mass is 590 g/mol. The van der Waals surface area contributed by atoms with E-state index < -0.39 is 47.2 Å². The molecule has 1 aliphatic carbocycles. The lowest BCUT2D eigenvalue weighted by Gasteiger charge is -2.36. The Bertz CT molecular complexity index is 1250. The maximum absolute atomic E-state index is 14.3. The highest BCUT2D eigenvalue weighted by Crippen LogP contribution is 2.49. The summed E-state index contributed by atoms with van der Waals surface area (Å²) < 4.78 is 50.9. The highest BCUT2D eigenvalue weighted by atomic mass is 19.4. The van der Waals surface area contributed by atoms with E-state index in [1.807, 2.05) is 51.1 Å². The van der Waals surface area contributed by atoms with Crippen LogP contribution in [0.4, 0.5) is 13.2 Å². The number of likely N-dealkylation sites (tertiary alicyclic amines) is 1. The Morgan fingerprint density at radius 3 is 2.31 bits per heavy atom. The average molecular weight is 591 g/mol. The van der Waals surface area contributed by atoms with Gasteiger partial charge in [0.05, 0.1) is 24.8 Å². The van der Waals surface area contributed by atoms with Crippen molar-refractivity contribution >= 4 is 11.9 Å². The largest absolute Gasteiger partial charge is 0.496 e. The van der Waals surface area contributed by atoms with Gasteiger partial charge in [0.15, 0.2) is 0 Å². The summed E-state index contributed by atoms with van der Waals surface area (Å²) in [5.74, 6) is -2.10. The average Bonchev–Trinajstić information content (AvgIpc) is 3.31. The van der Waals surface area contributed by atoms with Gasteiger partial charge >= 0.3 is 12.1 Å². The van der Waals surface area contributed by atoms with Gasteiger partial charge in [-0.15, -0.1) is 0 Å². The minimum Gasteiger partial charge on any atom is -0.496 e. The fourth-order valence-electron chi connectivity index (χ4n) is 6.82. The van der Waals surface area contributed by atoms with Crippen molar-refractivity contribution < 1.29 is 37.3 Å². The quantitative estimate of drug-likeness (QED) is 0.388. The molecule has 2 aromatic carbocycles. The van der Waals surface area contributed by atoms with Gasteiger partial charge in [-0.3, -0.25) is 4.79 Å². The number of benzene rings is 2. The van der Waals surface area contributed by atoms with E-state index >= 15 is 0 Å². The van der Waals surface area contributed by atoms with E-state index in [2.05, 4.69) is 5.32 Å². The first-order valence-corrected chi connectivity index (χ1v) is 14.4. The van der Waals surface area contributed by atoms with Crippen LogP contribution in [0, 0.1) is 17.3 Å². The number of aliphatic carboxylic acids is 1. The summed E-state index contributed by atoms with van der Waals surface area (Å²) in [6.07, 6.45) is -1.72. The number of ether oxygens (including phenoxy) is 2. The van der Waals surface area contributed by atoms with Gasteiger partial charge in [0, 0.05) is 37.1 Å². The van der Waals surface area contributed by atoms with Crippen LogP contribution in [-0.2, 0) is 27.0 Å². The summed E-state index contributed by atoms with van der Waals surface area (Å²) in [5, 5.41) is 14.1. The van der Waals surface area contributed by atoms with Crippen LogP contribution in [0.1, 0.15) is 69.2 Å². The topological polar surface area (TPSA) is 88.1 Å².